The Morgan fingerprint density at radius 2 is 1.74 bits per heavy atom. The summed E-state index contributed by atoms with van der Waals surface area (Å²) in [6.07, 6.45) is -3.90. The molecule has 4 aromatic rings. The molecule has 0 atom stereocenters. The van der Waals surface area contributed by atoms with Crippen LogP contribution < -0.4 is 10.5 Å². The summed E-state index contributed by atoms with van der Waals surface area (Å²) >= 11 is 0. The van der Waals surface area contributed by atoms with Crippen molar-refractivity contribution in [2.45, 2.75) is 19.1 Å². The Morgan fingerprint density at radius 1 is 1.07 bits per heavy atom. The van der Waals surface area contributed by atoms with Crippen LogP contribution in [0.4, 0.5) is 13.2 Å². The maximum absolute atomic E-state index is 13.2. The first-order chi connectivity index (χ1) is 20.4. The van der Waals surface area contributed by atoms with Gasteiger partial charge in [0.1, 0.15) is 17.1 Å². The van der Waals surface area contributed by atoms with Crippen LogP contribution in [-0.4, -0.2) is 75.5 Å². The van der Waals surface area contributed by atoms with Gasteiger partial charge in [0.2, 0.25) is 0 Å². The summed E-state index contributed by atoms with van der Waals surface area (Å²) in [4.78, 5) is 44.6. The van der Waals surface area contributed by atoms with Crippen LogP contribution in [0.3, 0.4) is 0 Å². The number of hydrogen-bond acceptors (Lipinski definition) is 7. The number of aromatic amines is 1. The number of halogens is 3. The van der Waals surface area contributed by atoms with Crippen LogP contribution in [0.1, 0.15) is 21.7 Å². The Hall–Kier alpha value is -5.11. The molecule has 1 aliphatic heterocycles. The van der Waals surface area contributed by atoms with Crippen LogP contribution in [0, 0.1) is 0 Å². The molecule has 0 spiro atoms. The smallest absolute Gasteiger partial charge is 0.457 e. The molecule has 43 heavy (non-hydrogen) atoms. The number of nitrogens with one attached hydrogen (secondary N) is 1. The number of para-hydroxylation sites is 1. The molecule has 1 aliphatic rings. The highest BCUT2D eigenvalue weighted by atomic mass is 19.4. The van der Waals surface area contributed by atoms with Crippen molar-refractivity contribution in [2.24, 2.45) is 5.73 Å². The topological polar surface area (TPSA) is 135 Å². The van der Waals surface area contributed by atoms with Crippen molar-refractivity contribution >= 4 is 23.4 Å². The number of imidazole rings is 1. The summed E-state index contributed by atoms with van der Waals surface area (Å²) in [6, 6.07) is 16.3. The number of nitrogens with two attached hydrogens (primary N) is 1. The molecule has 14 heteroatoms. The second-order valence-corrected chi connectivity index (χ2v) is 10.0. The molecule has 2 aromatic heterocycles. The van der Waals surface area contributed by atoms with Gasteiger partial charge < -0.3 is 25.0 Å². The number of hydrogen-bond donors (Lipinski definition) is 2. The van der Waals surface area contributed by atoms with Gasteiger partial charge in [-0.15, -0.1) is 0 Å². The van der Waals surface area contributed by atoms with Crippen LogP contribution in [0.15, 0.2) is 66.4 Å². The Labute approximate surface area is 243 Å². The molecule has 2 aromatic carbocycles. The van der Waals surface area contributed by atoms with Gasteiger partial charge in [-0.25, -0.2) is 14.3 Å². The number of carbonyl (C=O) groups is 3. The minimum Gasteiger partial charge on any atom is -0.457 e. The number of primary amides is 1. The Balaban J connectivity index is 1.41. The summed E-state index contributed by atoms with van der Waals surface area (Å²) in [5, 5.41) is 3.18. The molecule has 11 nitrogen and oxygen atoms in total. The van der Waals surface area contributed by atoms with Crippen molar-refractivity contribution in [1.82, 2.24) is 24.4 Å². The van der Waals surface area contributed by atoms with Gasteiger partial charge in [-0.3, -0.25) is 14.7 Å². The van der Waals surface area contributed by atoms with Crippen molar-refractivity contribution in [3.05, 3.63) is 83.4 Å². The number of ether oxygens (including phenoxy) is 2. The SMILES string of the molecule is CN(C)C/C=C(\OC(=O)C(F)(F)F)C(=O)N1CCc2c(nc3c(C(N)=O)c(-c4ccc(Oc5ccccc5)cc4)[nH]n23)C1. The second kappa shape index (κ2) is 11.6. The van der Waals surface area contributed by atoms with Gasteiger partial charge in [-0.1, -0.05) is 18.2 Å². The first-order valence-electron chi connectivity index (χ1n) is 13.1. The lowest BCUT2D eigenvalue weighted by molar-refractivity contribution is -0.196. The Morgan fingerprint density at radius 3 is 2.37 bits per heavy atom. The number of carbonyl (C=O) groups excluding carboxylic acids is 3. The van der Waals surface area contributed by atoms with Crippen molar-refractivity contribution < 1.29 is 37.0 Å². The van der Waals surface area contributed by atoms with E-state index in [1.165, 1.54) is 4.90 Å². The predicted octanol–water partition coefficient (Wildman–Crippen LogP) is 3.66. The van der Waals surface area contributed by atoms with E-state index in [-0.39, 0.29) is 37.3 Å². The third-order valence-corrected chi connectivity index (χ3v) is 6.65. The van der Waals surface area contributed by atoms with Crippen molar-refractivity contribution in [2.75, 3.05) is 27.2 Å². The molecule has 5 rings (SSSR count). The van der Waals surface area contributed by atoms with E-state index in [4.69, 9.17) is 10.5 Å². The fraction of sp³-hybridized carbons (Fsp3) is 0.241. The minimum absolute atomic E-state index is 0.0584. The third-order valence-electron chi connectivity index (χ3n) is 6.65. The highest BCUT2D eigenvalue weighted by molar-refractivity contribution is 6.05. The lowest BCUT2D eigenvalue weighted by Gasteiger charge is -2.27. The average Bonchev–Trinajstić information content (AvgIpc) is 3.51. The highest BCUT2D eigenvalue weighted by Gasteiger charge is 2.43. The van der Waals surface area contributed by atoms with Crippen LogP contribution in [0.5, 0.6) is 11.5 Å². The van der Waals surface area contributed by atoms with E-state index in [0.717, 1.165) is 6.08 Å². The van der Waals surface area contributed by atoms with E-state index in [9.17, 15) is 27.6 Å². The Bertz CT molecular complexity index is 1710. The van der Waals surface area contributed by atoms with Gasteiger partial charge in [0.15, 0.2) is 11.4 Å². The zero-order valence-corrected chi connectivity index (χ0v) is 23.1. The molecule has 3 heterocycles. The summed E-state index contributed by atoms with van der Waals surface area (Å²) in [5.74, 6) is -3.58. The predicted molar refractivity (Wildman–Crippen MR) is 148 cm³/mol. The molecular weight excluding hydrogens is 569 g/mol. The number of fused-ring (bicyclic) bond motifs is 3. The maximum atomic E-state index is 13.2. The number of likely N-dealkylation sites (N-methyl/N-ethyl adjacent to an activating group) is 1. The molecule has 0 radical (unpaired) electrons. The van der Waals surface area contributed by atoms with Gasteiger partial charge in [-0.05, 0) is 56.6 Å². The molecule has 0 saturated carbocycles. The van der Waals surface area contributed by atoms with E-state index in [1.54, 1.807) is 47.8 Å². The molecule has 3 N–H and O–H groups in total. The lowest BCUT2D eigenvalue weighted by Crippen LogP contribution is -2.39. The summed E-state index contributed by atoms with van der Waals surface area (Å²) in [7, 11) is 3.28. The van der Waals surface area contributed by atoms with E-state index in [1.807, 2.05) is 30.3 Å². The Kier molecular flexibility index (Phi) is 7.96. The standard InChI is InChI=1S/C29H27F3N6O5/c1-36(2)14-13-22(43-28(41)29(30,31)32)27(40)37-15-12-21-20(16-37)34-26-23(25(33)39)24(35-38(21)26)17-8-10-19(11-9-17)42-18-6-4-3-5-7-18/h3-11,13,35H,12,14-16H2,1-2H3,(H2,33,39)/b22-13-. The number of rotatable bonds is 8. The van der Waals surface area contributed by atoms with Gasteiger partial charge in [0, 0.05) is 25.1 Å². The van der Waals surface area contributed by atoms with Crippen LogP contribution in [0.2, 0.25) is 0 Å². The summed E-state index contributed by atoms with van der Waals surface area (Å²) in [6.45, 7) is 0.0583. The van der Waals surface area contributed by atoms with Crippen molar-refractivity contribution in [3.63, 3.8) is 0 Å². The highest BCUT2D eigenvalue weighted by Crippen LogP contribution is 2.32. The maximum Gasteiger partial charge on any atom is 0.491 e. The number of H-pyrrole nitrogens is 1. The van der Waals surface area contributed by atoms with Gasteiger partial charge in [-0.2, -0.15) is 13.2 Å². The number of alkyl halides is 3. The van der Waals surface area contributed by atoms with E-state index in [2.05, 4.69) is 14.8 Å². The van der Waals surface area contributed by atoms with Crippen LogP contribution in [-0.2, 0) is 27.3 Å². The lowest BCUT2D eigenvalue weighted by atomic mass is 10.1. The van der Waals surface area contributed by atoms with E-state index >= 15 is 0 Å². The normalized spacial score (nSPS) is 13.7. The number of amides is 2. The fourth-order valence-corrected chi connectivity index (χ4v) is 4.63. The van der Waals surface area contributed by atoms with Gasteiger partial charge in [0.05, 0.1) is 23.6 Å². The minimum atomic E-state index is -5.27. The summed E-state index contributed by atoms with van der Waals surface area (Å²) in [5.41, 5.74) is 8.32. The number of esters is 1. The van der Waals surface area contributed by atoms with Gasteiger partial charge in [0.25, 0.3) is 11.8 Å². The average molecular weight is 597 g/mol. The monoisotopic (exact) mass is 596 g/mol. The van der Waals surface area contributed by atoms with Crippen LogP contribution >= 0.6 is 0 Å². The molecule has 224 valence electrons. The molecule has 0 unspecified atom stereocenters. The zero-order chi connectivity index (χ0) is 30.9. The first kappa shape index (κ1) is 29.4. The van der Waals surface area contributed by atoms with E-state index < -0.39 is 29.7 Å². The van der Waals surface area contributed by atoms with Crippen molar-refractivity contribution in [3.8, 4) is 22.8 Å². The molecular formula is C29H27F3N6O5. The molecule has 0 fully saturated rings. The molecule has 2 amide bonds. The van der Waals surface area contributed by atoms with Crippen LogP contribution in [0.25, 0.3) is 16.9 Å². The first-order valence-corrected chi connectivity index (χ1v) is 13.1. The molecule has 0 saturated heterocycles. The fourth-order valence-electron chi connectivity index (χ4n) is 4.63. The number of nitrogens with zero attached hydrogens (tertiary/aromatic N) is 4. The zero-order valence-electron chi connectivity index (χ0n) is 23.1. The number of benzene rings is 2. The molecule has 0 bridgehead atoms. The van der Waals surface area contributed by atoms with Crippen molar-refractivity contribution in [1.29, 1.82) is 0 Å². The number of aromatic nitrogens is 3. The quantitative estimate of drug-likeness (QED) is 0.180. The van der Waals surface area contributed by atoms with E-state index in [0.29, 0.717) is 34.1 Å². The summed E-state index contributed by atoms with van der Waals surface area (Å²) < 4.78 is 50.5. The van der Waals surface area contributed by atoms with Gasteiger partial charge >= 0.3 is 12.1 Å². The second-order valence-electron chi connectivity index (χ2n) is 10.0. The third kappa shape index (κ3) is 6.23. The largest absolute Gasteiger partial charge is 0.491 e. The molecule has 0 aliphatic carbocycles.